The lowest BCUT2D eigenvalue weighted by Crippen LogP contribution is -2.08. The monoisotopic (exact) mass is 443 g/mol. The lowest BCUT2D eigenvalue weighted by atomic mass is 10.1. The largest absolute Gasteiger partial charge is 0.496 e. The van der Waals surface area contributed by atoms with Crippen molar-refractivity contribution in [1.82, 2.24) is 14.8 Å². The van der Waals surface area contributed by atoms with E-state index in [4.69, 9.17) is 4.74 Å². The van der Waals surface area contributed by atoms with Gasteiger partial charge in [-0.1, -0.05) is 84.1 Å². The first-order chi connectivity index (χ1) is 15.7. The number of hydrogen-bond acceptors (Lipinski definition) is 5. The topological polar surface area (TPSA) is 57.0 Å². The minimum atomic E-state index is 0.0754. The van der Waals surface area contributed by atoms with Crippen LogP contribution in [-0.2, 0) is 13.0 Å². The van der Waals surface area contributed by atoms with Gasteiger partial charge in [0.25, 0.3) is 0 Å². The van der Waals surface area contributed by atoms with Crippen molar-refractivity contribution in [3.05, 3.63) is 95.6 Å². The average Bonchev–Trinajstić information content (AvgIpc) is 3.24. The van der Waals surface area contributed by atoms with Crippen LogP contribution in [0.1, 0.15) is 21.5 Å². The molecular weight excluding hydrogens is 418 g/mol. The standard InChI is InChI=1S/C26H25N3O2S/c1-19-12-14-21(15-13-19)23(30)18-32-26-28-27-25(22-10-6-7-11-24(22)31-2)29(26)17-16-20-8-4-3-5-9-20/h3-15H,16-18H2,1-2H3. The molecule has 32 heavy (non-hydrogen) atoms. The van der Waals surface area contributed by atoms with Gasteiger partial charge in [0, 0.05) is 12.1 Å². The molecule has 162 valence electrons. The highest BCUT2D eigenvalue weighted by Gasteiger charge is 2.18. The Labute approximate surface area is 192 Å². The van der Waals surface area contributed by atoms with Gasteiger partial charge in [0.15, 0.2) is 16.8 Å². The summed E-state index contributed by atoms with van der Waals surface area (Å²) in [5.41, 5.74) is 3.96. The van der Waals surface area contributed by atoms with Gasteiger partial charge in [-0.2, -0.15) is 0 Å². The molecule has 0 saturated heterocycles. The van der Waals surface area contributed by atoms with Crippen LogP contribution >= 0.6 is 11.8 Å². The van der Waals surface area contributed by atoms with Crippen LogP contribution in [0.3, 0.4) is 0 Å². The Balaban J connectivity index is 1.60. The first-order valence-electron chi connectivity index (χ1n) is 10.5. The molecule has 0 saturated carbocycles. The van der Waals surface area contributed by atoms with Gasteiger partial charge >= 0.3 is 0 Å². The molecule has 1 heterocycles. The number of hydrogen-bond donors (Lipinski definition) is 0. The van der Waals surface area contributed by atoms with Crippen molar-refractivity contribution in [2.75, 3.05) is 12.9 Å². The van der Waals surface area contributed by atoms with Gasteiger partial charge in [0.1, 0.15) is 5.75 Å². The van der Waals surface area contributed by atoms with Gasteiger partial charge in [-0.05, 0) is 31.0 Å². The number of Topliss-reactive ketones (excluding diaryl/α,β-unsaturated/α-hetero) is 1. The van der Waals surface area contributed by atoms with E-state index in [-0.39, 0.29) is 5.78 Å². The Kier molecular flexibility index (Phi) is 7.02. The fourth-order valence-electron chi connectivity index (χ4n) is 3.46. The van der Waals surface area contributed by atoms with E-state index in [0.29, 0.717) is 17.9 Å². The summed E-state index contributed by atoms with van der Waals surface area (Å²) in [4.78, 5) is 12.7. The molecule has 0 atom stereocenters. The number of rotatable bonds is 9. The van der Waals surface area contributed by atoms with Gasteiger partial charge in [-0.15, -0.1) is 10.2 Å². The number of aromatic nitrogens is 3. The van der Waals surface area contributed by atoms with Crippen LogP contribution in [0.25, 0.3) is 11.4 Å². The molecule has 0 N–H and O–H groups in total. The van der Waals surface area contributed by atoms with E-state index in [9.17, 15) is 4.79 Å². The van der Waals surface area contributed by atoms with Crippen LogP contribution < -0.4 is 4.74 Å². The average molecular weight is 444 g/mol. The zero-order chi connectivity index (χ0) is 22.3. The van der Waals surface area contributed by atoms with Gasteiger partial charge in [0.05, 0.1) is 18.4 Å². The molecule has 0 unspecified atom stereocenters. The zero-order valence-corrected chi connectivity index (χ0v) is 19.0. The summed E-state index contributed by atoms with van der Waals surface area (Å²) in [6.45, 7) is 2.71. The summed E-state index contributed by atoms with van der Waals surface area (Å²) in [5.74, 6) is 1.86. The molecular formula is C26H25N3O2S. The highest BCUT2D eigenvalue weighted by atomic mass is 32.2. The number of carbonyl (C=O) groups is 1. The minimum absolute atomic E-state index is 0.0754. The summed E-state index contributed by atoms with van der Waals surface area (Å²) < 4.78 is 7.63. The summed E-state index contributed by atoms with van der Waals surface area (Å²) in [7, 11) is 1.65. The van der Waals surface area contributed by atoms with Crippen molar-refractivity contribution < 1.29 is 9.53 Å². The second kappa shape index (κ2) is 10.3. The van der Waals surface area contributed by atoms with Gasteiger partial charge in [-0.3, -0.25) is 4.79 Å². The van der Waals surface area contributed by atoms with E-state index >= 15 is 0 Å². The highest BCUT2D eigenvalue weighted by molar-refractivity contribution is 7.99. The molecule has 0 bridgehead atoms. The third-order valence-electron chi connectivity index (χ3n) is 5.24. The molecule has 0 spiro atoms. The number of benzene rings is 3. The van der Waals surface area contributed by atoms with E-state index in [1.54, 1.807) is 7.11 Å². The normalized spacial score (nSPS) is 10.8. The van der Waals surface area contributed by atoms with Crippen molar-refractivity contribution in [3.8, 4) is 17.1 Å². The SMILES string of the molecule is COc1ccccc1-c1nnc(SCC(=O)c2ccc(C)cc2)n1CCc1ccccc1. The van der Waals surface area contributed by atoms with Crippen molar-refractivity contribution in [3.63, 3.8) is 0 Å². The van der Waals surface area contributed by atoms with Crippen LogP contribution in [0.15, 0.2) is 84.0 Å². The Hall–Kier alpha value is -3.38. The van der Waals surface area contributed by atoms with E-state index in [2.05, 4.69) is 26.9 Å². The van der Waals surface area contributed by atoms with E-state index < -0.39 is 0 Å². The van der Waals surface area contributed by atoms with Gasteiger partial charge in [-0.25, -0.2) is 0 Å². The quantitative estimate of drug-likeness (QED) is 0.253. The van der Waals surface area contributed by atoms with Crippen molar-refractivity contribution >= 4 is 17.5 Å². The molecule has 0 aliphatic carbocycles. The molecule has 6 heteroatoms. The van der Waals surface area contributed by atoms with Crippen LogP contribution in [0.4, 0.5) is 0 Å². The number of thioether (sulfide) groups is 1. The molecule has 4 aromatic rings. The molecule has 0 amide bonds. The zero-order valence-electron chi connectivity index (χ0n) is 18.2. The van der Waals surface area contributed by atoms with Crippen molar-refractivity contribution in [2.45, 2.75) is 25.0 Å². The van der Waals surface area contributed by atoms with E-state index in [0.717, 1.165) is 34.3 Å². The van der Waals surface area contributed by atoms with Crippen LogP contribution in [0.5, 0.6) is 5.75 Å². The maximum atomic E-state index is 12.7. The number of aryl methyl sites for hydroxylation is 2. The second-order valence-corrected chi connectivity index (χ2v) is 8.41. The van der Waals surface area contributed by atoms with Crippen LogP contribution in [0, 0.1) is 6.92 Å². The fraction of sp³-hybridized carbons (Fsp3) is 0.192. The Bertz CT molecular complexity index is 1190. The van der Waals surface area contributed by atoms with E-state index in [1.165, 1.54) is 17.3 Å². The van der Waals surface area contributed by atoms with Gasteiger partial charge in [0.2, 0.25) is 0 Å². The van der Waals surface area contributed by atoms with Gasteiger partial charge < -0.3 is 9.30 Å². The summed E-state index contributed by atoms with van der Waals surface area (Å²) in [6, 6.07) is 25.8. The molecule has 0 aliphatic rings. The lowest BCUT2D eigenvalue weighted by molar-refractivity contribution is 0.102. The smallest absolute Gasteiger partial charge is 0.191 e. The lowest BCUT2D eigenvalue weighted by Gasteiger charge is -2.12. The van der Waals surface area contributed by atoms with Crippen LogP contribution in [-0.4, -0.2) is 33.4 Å². The third kappa shape index (κ3) is 5.08. The molecule has 3 aromatic carbocycles. The summed E-state index contributed by atoms with van der Waals surface area (Å²) in [5, 5.41) is 9.62. The minimum Gasteiger partial charge on any atom is -0.496 e. The fourth-order valence-corrected chi connectivity index (χ4v) is 4.32. The maximum Gasteiger partial charge on any atom is 0.191 e. The van der Waals surface area contributed by atoms with Crippen LogP contribution in [0.2, 0.25) is 0 Å². The number of methoxy groups -OCH3 is 1. The molecule has 0 aliphatic heterocycles. The molecule has 0 radical (unpaired) electrons. The third-order valence-corrected chi connectivity index (χ3v) is 6.20. The molecule has 0 fully saturated rings. The summed E-state index contributed by atoms with van der Waals surface area (Å²) >= 11 is 1.42. The molecule has 4 rings (SSSR count). The predicted molar refractivity (Wildman–Crippen MR) is 128 cm³/mol. The summed E-state index contributed by atoms with van der Waals surface area (Å²) in [6.07, 6.45) is 0.834. The number of carbonyl (C=O) groups excluding carboxylic acids is 1. The second-order valence-electron chi connectivity index (χ2n) is 7.47. The first kappa shape index (κ1) is 21.8. The Morgan fingerprint density at radius 3 is 2.41 bits per heavy atom. The number of nitrogens with zero attached hydrogens (tertiary/aromatic N) is 3. The Morgan fingerprint density at radius 2 is 1.66 bits per heavy atom. The first-order valence-corrected chi connectivity index (χ1v) is 11.5. The molecule has 1 aromatic heterocycles. The van der Waals surface area contributed by atoms with Crippen molar-refractivity contribution in [1.29, 1.82) is 0 Å². The number of ketones is 1. The number of para-hydroxylation sites is 1. The number of ether oxygens (including phenoxy) is 1. The van der Waals surface area contributed by atoms with E-state index in [1.807, 2.05) is 73.7 Å². The molecule has 5 nitrogen and oxygen atoms in total. The highest BCUT2D eigenvalue weighted by Crippen LogP contribution is 2.31. The predicted octanol–water partition coefficient (Wildman–Crippen LogP) is 5.48. The Morgan fingerprint density at radius 1 is 0.938 bits per heavy atom. The van der Waals surface area contributed by atoms with Crippen molar-refractivity contribution in [2.24, 2.45) is 0 Å². The maximum absolute atomic E-state index is 12.7.